The third-order valence-corrected chi connectivity index (χ3v) is 4.58. The summed E-state index contributed by atoms with van der Waals surface area (Å²) in [6.07, 6.45) is 5.45. The average molecular weight is 312 g/mol. The molecule has 0 heterocycles. The van der Waals surface area contributed by atoms with Gasteiger partial charge in [-0.05, 0) is 48.4 Å². The minimum absolute atomic E-state index is 0.611. The monoisotopic (exact) mass is 311 g/mol. The summed E-state index contributed by atoms with van der Waals surface area (Å²) < 4.78 is 6.41. The number of rotatable bonds is 7. The first-order valence-corrected chi connectivity index (χ1v) is 7.51. The topological polar surface area (TPSA) is 21.3 Å². The minimum atomic E-state index is 0.611. The first-order valence-electron chi connectivity index (χ1n) is 6.72. The van der Waals surface area contributed by atoms with Gasteiger partial charge in [0.15, 0.2) is 0 Å². The molecule has 1 aliphatic rings. The number of nitrogens with one attached hydrogen (secondary N) is 1. The molecule has 0 atom stereocenters. The van der Waals surface area contributed by atoms with Crippen LogP contribution in [0, 0.1) is 5.41 Å². The van der Waals surface area contributed by atoms with Crippen LogP contribution in [0.5, 0.6) is 5.75 Å². The fraction of sp³-hybridized carbons (Fsp3) is 0.600. The molecule has 0 spiro atoms. The van der Waals surface area contributed by atoms with Gasteiger partial charge >= 0.3 is 0 Å². The molecule has 1 saturated carbocycles. The molecule has 1 aromatic carbocycles. The lowest BCUT2D eigenvalue weighted by Crippen LogP contribution is -2.23. The molecule has 2 rings (SSSR count). The zero-order valence-electron chi connectivity index (χ0n) is 11.3. The van der Waals surface area contributed by atoms with Crippen LogP contribution in [0.15, 0.2) is 22.7 Å². The van der Waals surface area contributed by atoms with Gasteiger partial charge in [-0.25, -0.2) is 0 Å². The summed E-state index contributed by atoms with van der Waals surface area (Å²) >= 11 is 3.59. The molecule has 0 bridgehead atoms. The number of methoxy groups -OCH3 is 1. The van der Waals surface area contributed by atoms with Crippen molar-refractivity contribution in [2.75, 3.05) is 13.7 Å². The molecule has 0 saturated heterocycles. The molecule has 2 nitrogen and oxygen atoms in total. The van der Waals surface area contributed by atoms with Crippen molar-refractivity contribution in [3.63, 3.8) is 0 Å². The summed E-state index contributed by atoms with van der Waals surface area (Å²) in [6, 6.07) is 6.12. The van der Waals surface area contributed by atoms with Crippen molar-refractivity contribution in [2.24, 2.45) is 5.41 Å². The summed E-state index contributed by atoms with van der Waals surface area (Å²) in [5.74, 6) is 0.921. The number of hydrogen-bond donors (Lipinski definition) is 1. The largest absolute Gasteiger partial charge is 0.497 e. The highest BCUT2D eigenvalue weighted by molar-refractivity contribution is 9.10. The van der Waals surface area contributed by atoms with E-state index in [0.717, 1.165) is 23.3 Å². The van der Waals surface area contributed by atoms with Crippen molar-refractivity contribution in [3.05, 3.63) is 28.2 Å². The molecule has 100 valence electrons. The van der Waals surface area contributed by atoms with E-state index in [1.807, 2.05) is 6.07 Å². The zero-order valence-corrected chi connectivity index (χ0v) is 12.8. The second-order valence-corrected chi connectivity index (χ2v) is 6.17. The van der Waals surface area contributed by atoms with Crippen LogP contribution in [0.2, 0.25) is 0 Å². The summed E-state index contributed by atoms with van der Waals surface area (Å²) in [7, 11) is 1.71. The predicted molar refractivity (Wildman–Crippen MR) is 79.0 cm³/mol. The Hall–Kier alpha value is -0.540. The van der Waals surface area contributed by atoms with Crippen LogP contribution in [0.3, 0.4) is 0 Å². The second kappa shape index (κ2) is 6.07. The van der Waals surface area contributed by atoms with Crippen molar-refractivity contribution >= 4 is 15.9 Å². The lowest BCUT2D eigenvalue weighted by atomic mass is 10.0. The molecule has 1 N–H and O–H groups in total. The fourth-order valence-corrected chi connectivity index (χ4v) is 2.88. The molecular formula is C15H22BrNO. The molecule has 18 heavy (non-hydrogen) atoms. The highest BCUT2D eigenvalue weighted by Gasteiger charge is 2.40. The molecule has 0 radical (unpaired) electrons. The van der Waals surface area contributed by atoms with E-state index in [1.165, 1.54) is 31.2 Å². The quantitative estimate of drug-likeness (QED) is 0.817. The number of ether oxygens (including phenoxy) is 1. The first kappa shape index (κ1) is 13.9. The van der Waals surface area contributed by atoms with Crippen molar-refractivity contribution in [1.82, 2.24) is 5.32 Å². The zero-order chi connectivity index (χ0) is 13.0. The van der Waals surface area contributed by atoms with E-state index in [-0.39, 0.29) is 0 Å². The predicted octanol–water partition coefficient (Wildman–Crippen LogP) is 4.13. The molecule has 1 fully saturated rings. The molecule has 0 aromatic heterocycles. The van der Waals surface area contributed by atoms with Gasteiger partial charge < -0.3 is 10.1 Å². The van der Waals surface area contributed by atoms with Crippen LogP contribution in [0.25, 0.3) is 0 Å². The maximum atomic E-state index is 5.26. The number of halogens is 1. The fourth-order valence-electron chi connectivity index (χ4n) is 2.50. The van der Waals surface area contributed by atoms with E-state index >= 15 is 0 Å². The normalized spacial score (nSPS) is 16.6. The van der Waals surface area contributed by atoms with Gasteiger partial charge in [-0.1, -0.05) is 29.3 Å². The summed E-state index contributed by atoms with van der Waals surface area (Å²) in [4.78, 5) is 0. The average Bonchev–Trinajstić information content (AvgIpc) is 3.12. The molecule has 3 heteroatoms. The van der Waals surface area contributed by atoms with E-state index in [2.05, 4.69) is 40.3 Å². The van der Waals surface area contributed by atoms with E-state index < -0.39 is 0 Å². The molecule has 0 unspecified atom stereocenters. The van der Waals surface area contributed by atoms with Crippen molar-refractivity contribution in [1.29, 1.82) is 0 Å². The van der Waals surface area contributed by atoms with Gasteiger partial charge in [-0.3, -0.25) is 0 Å². The van der Waals surface area contributed by atoms with Gasteiger partial charge in [0.2, 0.25) is 0 Å². The second-order valence-electron chi connectivity index (χ2n) is 5.31. The maximum absolute atomic E-state index is 5.26. The van der Waals surface area contributed by atoms with Gasteiger partial charge in [-0.2, -0.15) is 0 Å². The first-order chi connectivity index (χ1) is 8.69. The Kier molecular flexibility index (Phi) is 4.68. The standard InChI is InChI=1S/C15H22BrNO/c1-3-6-15(7-8-15)11-17-10-12-9-13(18-2)4-5-14(12)16/h4-5,9,17H,3,6-8,10-11H2,1-2H3. The Morgan fingerprint density at radius 3 is 2.78 bits per heavy atom. The summed E-state index contributed by atoms with van der Waals surface area (Å²) in [5.41, 5.74) is 1.88. The molecule has 1 aliphatic carbocycles. The number of benzene rings is 1. The van der Waals surface area contributed by atoms with E-state index in [1.54, 1.807) is 7.11 Å². The van der Waals surface area contributed by atoms with Crippen molar-refractivity contribution in [3.8, 4) is 5.75 Å². The van der Waals surface area contributed by atoms with Gasteiger partial charge in [0.05, 0.1) is 7.11 Å². The summed E-state index contributed by atoms with van der Waals surface area (Å²) in [5, 5.41) is 3.60. The van der Waals surface area contributed by atoms with E-state index in [0.29, 0.717) is 5.41 Å². The van der Waals surface area contributed by atoms with Crippen molar-refractivity contribution in [2.45, 2.75) is 39.2 Å². The highest BCUT2D eigenvalue weighted by Crippen LogP contribution is 2.48. The Balaban J connectivity index is 1.86. The van der Waals surface area contributed by atoms with Crippen molar-refractivity contribution < 1.29 is 4.74 Å². The van der Waals surface area contributed by atoms with Crippen LogP contribution in [0.1, 0.15) is 38.2 Å². The van der Waals surface area contributed by atoms with Crippen LogP contribution < -0.4 is 10.1 Å². The molecular weight excluding hydrogens is 290 g/mol. The van der Waals surface area contributed by atoms with Gasteiger partial charge in [0, 0.05) is 17.6 Å². The third-order valence-electron chi connectivity index (χ3n) is 3.81. The molecule has 1 aromatic rings. The minimum Gasteiger partial charge on any atom is -0.497 e. The smallest absolute Gasteiger partial charge is 0.119 e. The van der Waals surface area contributed by atoms with E-state index in [4.69, 9.17) is 4.74 Å². The lowest BCUT2D eigenvalue weighted by molar-refractivity contribution is 0.411. The molecule has 0 aliphatic heterocycles. The SMILES string of the molecule is CCCC1(CNCc2cc(OC)ccc2Br)CC1. The maximum Gasteiger partial charge on any atom is 0.119 e. The van der Waals surface area contributed by atoms with Crippen LogP contribution in [-0.2, 0) is 6.54 Å². The van der Waals surface area contributed by atoms with Gasteiger partial charge in [-0.15, -0.1) is 0 Å². The van der Waals surface area contributed by atoms with Gasteiger partial charge in [0.1, 0.15) is 5.75 Å². The Bertz CT molecular complexity index is 401. The Labute approximate surface area is 118 Å². The van der Waals surface area contributed by atoms with Crippen LogP contribution >= 0.6 is 15.9 Å². The number of hydrogen-bond acceptors (Lipinski definition) is 2. The van der Waals surface area contributed by atoms with Crippen LogP contribution in [-0.4, -0.2) is 13.7 Å². The summed E-state index contributed by atoms with van der Waals surface area (Å²) in [6.45, 7) is 4.33. The Morgan fingerprint density at radius 2 is 2.17 bits per heavy atom. The van der Waals surface area contributed by atoms with Gasteiger partial charge in [0.25, 0.3) is 0 Å². The third kappa shape index (κ3) is 3.48. The Morgan fingerprint density at radius 1 is 1.39 bits per heavy atom. The lowest BCUT2D eigenvalue weighted by Gasteiger charge is -2.15. The van der Waals surface area contributed by atoms with Crippen LogP contribution in [0.4, 0.5) is 0 Å². The van der Waals surface area contributed by atoms with E-state index in [9.17, 15) is 0 Å². The molecule has 0 amide bonds. The highest BCUT2D eigenvalue weighted by atomic mass is 79.9.